The maximum Gasteiger partial charge on any atom is 0.200 e. The fourth-order valence-electron chi connectivity index (χ4n) is 1.84. The second-order valence-electron chi connectivity index (χ2n) is 4.26. The van der Waals surface area contributed by atoms with Crippen molar-refractivity contribution in [1.29, 1.82) is 0 Å². The first-order valence-corrected chi connectivity index (χ1v) is 8.54. The first-order chi connectivity index (χ1) is 7.69. The van der Waals surface area contributed by atoms with Gasteiger partial charge in [0.25, 0.3) is 0 Å². The van der Waals surface area contributed by atoms with E-state index in [0.717, 1.165) is 17.2 Å². The average Bonchev–Trinajstić information content (AvgIpc) is 2.35. The maximum atomic E-state index is 11.8. The Hall–Kier alpha value is -1.14. The molecule has 0 unspecified atom stereocenters. The van der Waals surface area contributed by atoms with Crippen molar-refractivity contribution in [2.75, 3.05) is 12.0 Å². The van der Waals surface area contributed by atoms with Crippen LogP contribution in [0.2, 0.25) is 0 Å². The molecule has 0 aromatic heterocycles. The van der Waals surface area contributed by atoms with Gasteiger partial charge < -0.3 is 0 Å². The van der Waals surface area contributed by atoms with Crippen LogP contribution in [0, 0.1) is 6.92 Å². The molecule has 1 aromatic rings. The first kappa shape index (κ1) is 12.3. The van der Waals surface area contributed by atoms with Crippen LogP contribution in [0.1, 0.15) is 11.1 Å². The summed E-state index contributed by atoms with van der Waals surface area (Å²) in [7, 11) is -6.72. The van der Waals surface area contributed by atoms with Gasteiger partial charge in [0.05, 0.1) is 10.6 Å². The van der Waals surface area contributed by atoms with Crippen molar-refractivity contribution in [3.8, 4) is 0 Å². The van der Waals surface area contributed by atoms with Crippen LogP contribution < -0.4 is 0 Å². The maximum absolute atomic E-state index is 11.8. The van der Waals surface area contributed by atoms with Crippen LogP contribution in [0.3, 0.4) is 0 Å². The molecule has 1 aromatic carbocycles. The number of aryl methyl sites for hydroxylation is 1. The van der Waals surface area contributed by atoms with Crippen molar-refractivity contribution in [2.45, 2.75) is 11.8 Å². The summed E-state index contributed by atoms with van der Waals surface area (Å²) in [6, 6.07) is 5.00. The number of fused-ring (bicyclic) bond motifs is 1. The molecule has 0 amide bonds. The summed E-state index contributed by atoms with van der Waals surface area (Å²) in [5.41, 5.74) is 1.69. The van der Waals surface area contributed by atoms with Gasteiger partial charge >= 0.3 is 0 Å². The van der Waals surface area contributed by atoms with E-state index in [0.29, 0.717) is 11.1 Å². The van der Waals surface area contributed by atoms with Gasteiger partial charge in [0.1, 0.15) is 0 Å². The second kappa shape index (κ2) is 3.68. The third kappa shape index (κ3) is 2.42. The molecule has 6 heteroatoms. The van der Waals surface area contributed by atoms with Crippen LogP contribution >= 0.6 is 0 Å². The van der Waals surface area contributed by atoms with Crippen LogP contribution in [-0.2, 0) is 19.7 Å². The molecular weight excluding hydrogens is 260 g/mol. The fraction of sp³-hybridized carbons (Fsp3) is 0.273. The Labute approximate surface area is 101 Å². The van der Waals surface area contributed by atoms with Crippen LogP contribution in [0.25, 0.3) is 5.57 Å². The van der Waals surface area contributed by atoms with Gasteiger partial charge in [0.15, 0.2) is 9.84 Å². The predicted molar refractivity (Wildman–Crippen MR) is 66.1 cm³/mol. The van der Waals surface area contributed by atoms with Gasteiger partial charge in [-0.2, -0.15) is 0 Å². The smallest absolute Gasteiger partial charge is 0.200 e. The summed E-state index contributed by atoms with van der Waals surface area (Å²) in [6.45, 7) is 1.80. The SMILES string of the molecule is Cc1ccc2c(c1)S(=O)(=O)C=C2CS(C)(=O)=O. The van der Waals surface area contributed by atoms with Gasteiger partial charge in [-0.3, -0.25) is 0 Å². The Balaban J connectivity index is 2.62. The zero-order chi connectivity index (χ0) is 12.8. The molecule has 0 radical (unpaired) electrons. The molecule has 1 aliphatic heterocycles. The number of hydrogen-bond acceptors (Lipinski definition) is 4. The lowest BCUT2D eigenvalue weighted by Gasteiger charge is -2.03. The van der Waals surface area contributed by atoms with Gasteiger partial charge in [0.2, 0.25) is 9.84 Å². The molecule has 0 spiro atoms. The standard InChI is InChI=1S/C11H12O4S2/c1-8-3-4-10-9(6-16(2,12)13)7-17(14,15)11(10)5-8/h3-5,7H,6H2,1-2H3. The minimum Gasteiger partial charge on any atom is -0.229 e. The lowest BCUT2D eigenvalue weighted by atomic mass is 10.1. The Morgan fingerprint density at radius 3 is 2.47 bits per heavy atom. The molecule has 0 atom stereocenters. The highest BCUT2D eigenvalue weighted by molar-refractivity contribution is 7.95. The van der Waals surface area contributed by atoms with Gasteiger partial charge in [-0.25, -0.2) is 16.8 Å². The highest BCUT2D eigenvalue weighted by Gasteiger charge is 2.28. The van der Waals surface area contributed by atoms with Crippen molar-refractivity contribution in [2.24, 2.45) is 0 Å². The molecule has 0 bridgehead atoms. The van der Waals surface area contributed by atoms with Crippen molar-refractivity contribution in [1.82, 2.24) is 0 Å². The third-order valence-corrected chi connectivity index (χ3v) is 4.89. The molecule has 17 heavy (non-hydrogen) atoms. The second-order valence-corrected chi connectivity index (χ2v) is 8.16. The Morgan fingerprint density at radius 1 is 1.24 bits per heavy atom. The Kier molecular flexibility index (Phi) is 2.67. The molecule has 1 aliphatic rings. The molecule has 0 saturated carbocycles. The number of benzene rings is 1. The van der Waals surface area contributed by atoms with E-state index >= 15 is 0 Å². The summed E-state index contributed by atoms with van der Waals surface area (Å²) in [5.74, 6) is -0.248. The third-order valence-electron chi connectivity index (χ3n) is 2.50. The number of hydrogen-bond donors (Lipinski definition) is 0. The molecule has 0 aliphatic carbocycles. The Morgan fingerprint density at radius 2 is 1.88 bits per heavy atom. The molecule has 92 valence electrons. The van der Waals surface area contributed by atoms with Gasteiger partial charge in [-0.15, -0.1) is 0 Å². The predicted octanol–water partition coefficient (Wildman–Crippen LogP) is 1.17. The molecule has 0 fully saturated rings. The largest absolute Gasteiger partial charge is 0.229 e. The van der Waals surface area contributed by atoms with E-state index in [4.69, 9.17) is 0 Å². The molecule has 1 heterocycles. The quantitative estimate of drug-likeness (QED) is 0.810. The summed E-state index contributed by atoms with van der Waals surface area (Å²) in [4.78, 5) is 0.205. The lowest BCUT2D eigenvalue weighted by Crippen LogP contribution is -2.04. The van der Waals surface area contributed by atoms with Gasteiger partial charge in [-0.05, 0) is 29.7 Å². The summed E-state index contributed by atoms with van der Waals surface area (Å²) in [6.07, 6.45) is 1.09. The molecule has 4 nitrogen and oxygen atoms in total. The molecule has 0 N–H and O–H groups in total. The van der Waals surface area contributed by atoms with E-state index in [1.807, 2.05) is 0 Å². The number of sulfone groups is 2. The normalized spacial score (nSPS) is 17.6. The van der Waals surface area contributed by atoms with E-state index in [2.05, 4.69) is 0 Å². The lowest BCUT2D eigenvalue weighted by molar-refractivity contribution is 0.603. The van der Waals surface area contributed by atoms with E-state index in [-0.39, 0.29) is 10.6 Å². The first-order valence-electron chi connectivity index (χ1n) is 4.93. The highest BCUT2D eigenvalue weighted by Crippen LogP contribution is 2.34. The highest BCUT2D eigenvalue weighted by atomic mass is 32.2. The molecule has 2 rings (SSSR count). The van der Waals surface area contributed by atoms with Gasteiger partial charge in [0, 0.05) is 11.7 Å². The van der Waals surface area contributed by atoms with E-state index in [1.54, 1.807) is 25.1 Å². The molecular formula is C11H12O4S2. The number of rotatable bonds is 2. The summed E-state index contributed by atoms with van der Waals surface area (Å²) >= 11 is 0. The zero-order valence-electron chi connectivity index (χ0n) is 9.47. The van der Waals surface area contributed by atoms with E-state index in [1.165, 1.54) is 0 Å². The van der Waals surface area contributed by atoms with Crippen molar-refractivity contribution in [3.05, 3.63) is 34.7 Å². The summed E-state index contributed by atoms with van der Waals surface area (Å²) in [5, 5.41) is 1.05. The van der Waals surface area contributed by atoms with Crippen LogP contribution in [-0.4, -0.2) is 28.8 Å². The van der Waals surface area contributed by atoms with Crippen molar-refractivity contribution >= 4 is 25.2 Å². The van der Waals surface area contributed by atoms with Crippen molar-refractivity contribution < 1.29 is 16.8 Å². The minimum atomic E-state index is -3.48. The van der Waals surface area contributed by atoms with Crippen molar-refractivity contribution in [3.63, 3.8) is 0 Å². The van der Waals surface area contributed by atoms with E-state index < -0.39 is 19.7 Å². The Bertz CT molecular complexity index is 710. The zero-order valence-corrected chi connectivity index (χ0v) is 11.1. The van der Waals surface area contributed by atoms with Crippen LogP contribution in [0.4, 0.5) is 0 Å². The molecule has 0 saturated heterocycles. The van der Waals surface area contributed by atoms with Crippen LogP contribution in [0.15, 0.2) is 28.5 Å². The van der Waals surface area contributed by atoms with Gasteiger partial charge in [-0.1, -0.05) is 12.1 Å². The fourth-order valence-corrected chi connectivity index (χ4v) is 4.32. The topological polar surface area (TPSA) is 68.3 Å². The van der Waals surface area contributed by atoms with E-state index in [9.17, 15) is 16.8 Å². The average molecular weight is 272 g/mol. The minimum absolute atomic E-state index is 0.205. The van der Waals surface area contributed by atoms with Crippen LogP contribution in [0.5, 0.6) is 0 Å². The monoisotopic (exact) mass is 272 g/mol. The summed E-state index contributed by atoms with van der Waals surface area (Å²) < 4.78 is 46.1.